The molecule has 0 heterocycles. The Hall–Kier alpha value is -3.32. The molecule has 3 aromatic rings. The van der Waals surface area contributed by atoms with Crippen molar-refractivity contribution in [2.75, 3.05) is 22.4 Å². The minimum absolute atomic E-state index is 0.171. The Labute approximate surface area is 183 Å². The molecule has 0 aliphatic rings. The van der Waals surface area contributed by atoms with Crippen LogP contribution in [0.4, 0.5) is 11.4 Å². The maximum Gasteiger partial charge on any atom is 0.232 e. The van der Waals surface area contributed by atoms with Crippen molar-refractivity contribution in [3.63, 3.8) is 0 Å². The second kappa shape index (κ2) is 10.1. The highest BCUT2D eigenvalue weighted by Crippen LogP contribution is 2.24. The quantitative estimate of drug-likeness (QED) is 0.512. The predicted octanol–water partition coefficient (Wildman–Crippen LogP) is 4.97. The second-order valence-corrected chi connectivity index (χ2v) is 9.12. The third-order valence-electron chi connectivity index (χ3n) is 4.67. The number of carbonyl (C=O) groups excluding carboxylic acids is 1. The Morgan fingerprint density at radius 2 is 1.52 bits per heavy atom. The fraction of sp³-hybridized carbons (Fsp3) is 0.208. The van der Waals surface area contributed by atoms with E-state index in [0.29, 0.717) is 23.5 Å². The molecule has 31 heavy (non-hydrogen) atoms. The number of anilines is 2. The van der Waals surface area contributed by atoms with Gasteiger partial charge in [0.05, 0.1) is 11.9 Å². The lowest BCUT2D eigenvalue weighted by atomic mass is 10.2. The van der Waals surface area contributed by atoms with E-state index in [1.54, 1.807) is 36.4 Å². The zero-order valence-corrected chi connectivity index (χ0v) is 18.4. The van der Waals surface area contributed by atoms with Gasteiger partial charge in [0, 0.05) is 18.7 Å². The number of hydrogen-bond acceptors (Lipinski definition) is 4. The van der Waals surface area contributed by atoms with E-state index in [1.165, 1.54) is 10.6 Å². The van der Waals surface area contributed by atoms with Crippen molar-refractivity contribution in [2.24, 2.45) is 0 Å². The minimum Gasteiger partial charge on any atom is -0.457 e. The lowest BCUT2D eigenvalue weighted by Gasteiger charge is -2.24. The number of amides is 1. The van der Waals surface area contributed by atoms with Crippen molar-refractivity contribution in [1.29, 1.82) is 0 Å². The molecule has 0 atom stereocenters. The summed E-state index contributed by atoms with van der Waals surface area (Å²) in [7, 11) is -3.44. The van der Waals surface area contributed by atoms with E-state index in [9.17, 15) is 13.2 Å². The van der Waals surface area contributed by atoms with Crippen molar-refractivity contribution in [3.05, 3.63) is 84.4 Å². The van der Waals surface area contributed by atoms with Crippen molar-refractivity contribution in [3.8, 4) is 11.5 Å². The van der Waals surface area contributed by atoms with Gasteiger partial charge in [0.2, 0.25) is 15.9 Å². The molecule has 1 N–H and O–H groups in total. The zero-order valence-electron chi connectivity index (χ0n) is 17.6. The van der Waals surface area contributed by atoms with Gasteiger partial charge in [-0.2, -0.15) is 0 Å². The van der Waals surface area contributed by atoms with Gasteiger partial charge in [-0.15, -0.1) is 0 Å². The van der Waals surface area contributed by atoms with Gasteiger partial charge < -0.3 is 10.1 Å². The fourth-order valence-corrected chi connectivity index (χ4v) is 4.17. The van der Waals surface area contributed by atoms with Gasteiger partial charge in [-0.25, -0.2) is 8.42 Å². The van der Waals surface area contributed by atoms with Crippen molar-refractivity contribution >= 4 is 27.3 Å². The number of aryl methyl sites for hydroxylation is 1. The minimum atomic E-state index is -3.44. The Morgan fingerprint density at radius 1 is 0.903 bits per heavy atom. The molecule has 3 rings (SSSR count). The summed E-state index contributed by atoms with van der Waals surface area (Å²) in [5, 5.41) is 2.83. The number of para-hydroxylation sites is 2. The second-order valence-electron chi connectivity index (χ2n) is 7.21. The highest BCUT2D eigenvalue weighted by Gasteiger charge is 2.19. The molecule has 3 aromatic carbocycles. The van der Waals surface area contributed by atoms with Gasteiger partial charge >= 0.3 is 0 Å². The van der Waals surface area contributed by atoms with Crippen LogP contribution in [-0.4, -0.2) is 27.1 Å². The molecule has 0 fully saturated rings. The molecule has 7 heteroatoms. The third kappa shape index (κ3) is 6.58. The highest BCUT2D eigenvalue weighted by molar-refractivity contribution is 7.92. The Kier molecular flexibility index (Phi) is 7.31. The van der Waals surface area contributed by atoms with Crippen LogP contribution in [0.1, 0.15) is 18.4 Å². The molecule has 0 aliphatic heterocycles. The molecule has 0 saturated heterocycles. The summed E-state index contributed by atoms with van der Waals surface area (Å²) >= 11 is 0. The number of sulfonamides is 1. The van der Waals surface area contributed by atoms with Crippen LogP contribution >= 0.6 is 0 Å². The summed E-state index contributed by atoms with van der Waals surface area (Å²) in [6.45, 7) is 2.10. The topological polar surface area (TPSA) is 75.7 Å². The first kappa shape index (κ1) is 22.4. The van der Waals surface area contributed by atoms with Crippen LogP contribution in [0.5, 0.6) is 11.5 Å². The maximum absolute atomic E-state index is 12.3. The number of carbonyl (C=O) groups is 1. The van der Waals surface area contributed by atoms with Crippen LogP contribution in [0.3, 0.4) is 0 Å². The molecule has 0 spiro atoms. The molecule has 0 saturated carbocycles. The van der Waals surface area contributed by atoms with Crippen LogP contribution in [0.2, 0.25) is 0 Å². The standard InChI is InChI=1S/C24H26N2O4S/c1-19-9-6-7-12-23(19)26(31(2,28)29)18-8-13-24(27)25-20-14-16-22(17-15-20)30-21-10-4-3-5-11-21/h3-7,9-12,14-17H,8,13,18H2,1-2H3,(H,25,27). The van der Waals surface area contributed by atoms with Gasteiger partial charge in [0.25, 0.3) is 0 Å². The first-order valence-electron chi connectivity index (χ1n) is 9.99. The molecule has 162 valence electrons. The maximum atomic E-state index is 12.3. The highest BCUT2D eigenvalue weighted by atomic mass is 32.2. The van der Waals surface area contributed by atoms with Crippen LogP contribution in [-0.2, 0) is 14.8 Å². The van der Waals surface area contributed by atoms with Crippen molar-refractivity contribution in [1.82, 2.24) is 0 Å². The number of benzene rings is 3. The number of ether oxygens (including phenoxy) is 1. The van der Waals surface area contributed by atoms with E-state index >= 15 is 0 Å². The number of rotatable bonds is 9. The average molecular weight is 439 g/mol. The van der Waals surface area contributed by atoms with Crippen LogP contribution in [0.15, 0.2) is 78.9 Å². The van der Waals surface area contributed by atoms with Crippen LogP contribution in [0, 0.1) is 6.92 Å². The fourth-order valence-electron chi connectivity index (χ4n) is 3.15. The molecule has 0 radical (unpaired) electrons. The van der Waals surface area contributed by atoms with Gasteiger partial charge in [-0.05, 0) is 61.4 Å². The van der Waals surface area contributed by atoms with Gasteiger partial charge in [-0.1, -0.05) is 36.4 Å². The Morgan fingerprint density at radius 3 is 2.16 bits per heavy atom. The molecule has 0 aromatic heterocycles. The average Bonchev–Trinajstić information content (AvgIpc) is 2.73. The van der Waals surface area contributed by atoms with E-state index < -0.39 is 10.0 Å². The lowest BCUT2D eigenvalue weighted by Crippen LogP contribution is -2.32. The molecule has 1 amide bonds. The summed E-state index contributed by atoms with van der Waals surface area (Å²) in [6.07, 6.45) is 1.79. The van der Waals surface area contributed by atoms with E-state index in [-0.39, 0.29) is 18.9 Å². The largest absolute Gasteiger partial charge is 0.457 e. The van der Waals surface area contributed by atoms with Crippen molar-refractivity contribution in [2.45, 2.75) is 19.8 Å². The van der Waals surface area contributed by atoms with E-state index in [1.807, 2.05) is 49.4 Å². The van der Waals surface area contributed by atoms with Crippen molar-refractivity contribution < 1.29 is 17.9 Å². The number of nitrogens with zero attached hydrogens (tertiary/aromatic N) is 1. The van der Waals surface area contributed by atoms with E-state index in [2.05, 4.69) is 5.32 Å². The summed E-state index contributed by atoms with van der Waals surface area (Å²) in [5.41, 5.74) is 2.17. The molecular weight excluding hydrogens is 412 g/mol. The molecule has 0 aliphatic carbocycles. The van der Waals surface area contributed by atoms with Gasteiger partial charge in [-0.3, -0.25) is 9.10 Å². The molecule has 0 unspecified atom stereocenters. The van der Waals surface area contributed by atoms with E-state index in [0.717, 1.165) is 11.3 Å². The zero-order chi connectivity index (χ0) is 22.3. The predicted molar refractivity (Wildman–Crippen MR) is 124 cm³/mol. The first-order valence-corrected chi connectivity index (χ1v) is 11.8. The van der Waals surface area contributed by atoms with Crippen LogP contribution in [0.25, 0.3) is 0 Å². The monoisotopic (exact) mass is 438 g/mol. The van der Waals surface area contributed by atoms with Gasteiger partial charge in [0.15, 0.2) is 0 Å². The van der Waals surface area contributed by atoms with E-state index in [4.69, 9.17) is 4.74 Å². The Bertz CT molecular complexity index is 1110. The Balaban J connectivity index is 1.53. The number of nitrogens with one attached hydrogen (secondary N) is 1. The summed E-state index contributed by atoms with van der Waals surface area (Å²) in [6, 6.07) is 23.9. The molecular formula is C24H26N2O4S. The SMILES string of the molecule is Cc1ccccc1N(CCCC(=O)Nc1ccc(Oc2ccccc2)cc1)S(C)(=O)=O. The number of hydrogen-bond donors (Lipinski definition) is 1. The first-order chi connectivity index (χ1) is 14.8. The van der Waals surface area contributed by atoms with Crippen LogP contribution < -0.4 is 14.4 Å². The lowest BCUT2D eigenvalue weighted by molar-refractivity contribution is -0.116. The third-order valence-corrected chi connectivity index (χ3v) is 5.85. The molecule has 6 nitrogen and oxygen atoms in total. The normalized spacial score (nSPS) is 11.0. The smallest absolute Gasteiger partial charge is 0.232 e. The van der Waals surface area contributed by atoms with Gasteiger partial charge in [0.1, 0.15) is 11.5 Å². The summed E-state index contributed by atoms with van der Waals surface area (Å²) in [4.78, 5) is 12.3. The summed E-state index contributed by atoms with van der Waals surface area (Å²) < 4.78 is 31.5. The molecule has 0 bridgehead atoms. The summed E-state index contributed by atoms with van der Waals surface area (Å²) in [5.74, 6) is 1.24.